The molecule has 0 aliphatic heterocycles. The van der Waals surface area contributed by atoms with Crippen LogP contribution in [0, 0.1) is 0 Å². The van der Waals surface area contributed by atoms with E-state index < -0.39 is 25.3 Å². The second-order valence-electron chi connectivity index (χ2n) is 3.80. The Morgan fingerprint density at radius 3 is 2.72 bits per heavy atom. The van der Waals surface area contributed by atoms with Crippen LogP contribution in [0.2, 0.25) is 0 Å². The molecule has 0 aromatic carbocycles. The highest BCUT2D eigenvalue weighted by Crippen LogP contribution is 2.23. The van der Waals surface area contributed by atoms with E-state index >= 15 is 0 Å². The van der Waals surface area contributed by atoms with E-state index in [0.717, 1.165) is 4.88 Å². The van der Waals surface area contributed by atoms with Crippen molar-refractivity contribution in [1.82, 2.24) is 4.90 Å². The Labute approximate surface area is 107 Å². The van der Waals surface area contributed by atoms with E-state index in [1.807, 2.05) is 24.4 Å². The summed E-state index contributed by atoms with van der Waals surface area (Å²) < 4.78 is 39.9. The van der Waals surface area contributed by atoms with Crippen molar-refractivity contribution in [1.29, 1.82) is 0 Å². The monoisotopic (exact) mass is 281 g/mol. The van der Waals surface area contributed by atoms with Crippen LogP contribution in [0.3, 0.4) is 0 Å². The SMILES string of the molecule is CC(c1cccs1)N(C)C(=O)COCC(F)(F)F. The number of ether oxygens (including phenoxy) is 1. The molecule has 1 amide bonds. The Morgan fingerprint density at radius 1 is 1.56 bits per heavy atom. The van der Waals surface area contributed by atoms with Gasteiger partial charge in [-0.05, 0) is 18.4 Å². The molecule has 7 heteroatoms. The summed E-state index contributed by atoms with van der Waals surface area (Å²) in [6, 6.07) is 3.55. The number of rotatable bonds is 5. The molecule has 18 heavy (non-hydrogen) atoms. The molecule has 1 aromatic heterocycles. The normalized spacial score (nSPS) is 13.4. The van der Waals surface area contributed by atoms with Gasteiger partial charge >= 0.3 is 6.18 Å². The van der Waals surface area contributed by atoms with Crippen LogP contribution >= 0.6 is 11.3 Å². The van der Waals surface area contributed by atoms with Gasteiger partial charge in [0.05, 0.1) is 6.04 Å². The van der Waals surface area contributed by atoms with E-state index in [1.54, 1.807) is 7.05 Å². The fourth-order valence-corrected chi connectivity index (χ4v) is 2.12. The second kappa shape index (κ2) is 6.19. The molecular formula is C11H14F3NO2S. The van der Waals surface area contributed by atoms with Crippen molar-refractivity contribution in [2.75, 3.05) is 20.3 Å². The largest absolute Gasteiger partial charge is 0.411 e. The molecule has 0 radical (unpaired) electrons. The smallest absolute Gasteiger partial charge is 0.362 e. The highest BCUT2D eigenvalue weighted by Gasteiger charge is 2.28. The average Bonchev–Trinajstić information content (AvgIpc) is 2.78. The van der Waals surface area contributed by atoms with Gasteiger partial charge in [0.2, 0.25) is 5.91 Å². The number of likely N-dealkylation sites (N-methyl/N-ethyl adjacent to an activating group) is 1. The third-order valence-corrected chi connectivity index (χ3v) is 3.46. The highest BCUT2D eigenvalue weighted by molar-refractivity contribution is 7.10. The lowest BCUT2D eigenvalue weighted by Gasteiger charge is -2.24. The molecule has 1 atom stereocenters. The number of carbonyl (C=O) groups excluding carboxylic acids is 1. The van der Waals surface area contributed by atoms with Crippen molar-refractivity contribution in [3.8, 4) is 0 Å². The van der Waals surface area contributed by atoms with Gasteiger partial charge in [-0.15, -0.1) is 11.3 Å². The van der Waals surface area contributed by atoms with Crippen LogP contribution in [0.15, 0.2) is 17.5 Å². The molecular weight excluding hydrogens is 267 g/mol. The fourth-order valence-electron chi connectivity index (χ4n) is 1.29. The van der Waals surface area contributed by atoms with Gasteiger partial charge in [0.1, 0.15) is 13.2 Å². The number of amides is 1. The van der Waals surface area contributed by atoms with Crippen molar-refractivity contribution in [2.24, 2.45) is 0 Å². The van der Waals surface area contributed by atoms with Crippen molar-refractivity contribution in [3.05, 3.63) is 22.4 Å². The first-order chi connectivity index (χ1) is 8.31. The maximum Gasteiger partial charge on any atom is 0.411 e. The summed E-state index contributed by atoms with van der Waals surface area (Å²) in [4.78, 5) is 14.0. The zero-order valence-electron chi connectivity index (χ0n) is 10.0. The topological polar surface area (TPSA) is 29.5 Å². The number of alkyl halides is 3. The van der Waals surface area contributed by atoms with E-state index in [9.17, 15) is 18.0 Å². The molecule has 3 nitrogen and oxygen atoms in total. The van der Waals surface area contributed by atoms with Crippen LogP contribution < -0.4 is 0 Å². The molecule has 0 fully saturated rings. The average molecular weight is 281 g/mol. The van der Waals surface area contributed by atoms with Gasteiger partial charge in [0.15, 0.2) is 0 Å². The number of hydrogen-bond donors (Lipinski definition) is 0. The zero-order valence-corrected chi connectivity index (χ0v) is 10.8. The molecule has 0 saturated heterocycles. The lowest BCUT2D eigenvalue weighted by Crippen LogP contribution is -2.33. The summed E-state index contributed by atoms with van der Waals surface area (Å²) in [5, 5.41) is 1.88. The quantitative estimate of drug-likeness (QED) is 0.830. The van der Waals surface area contributed by atoms with Crippen LogP contribution in [-0.4, -0.2) is 37.2 Å². The number of hydrogen-bond acceptors (Lipinski definition) is 3. The van der Waals surface area contributed by atoms with Crippen molar-refractivity contribution < 1.29 is 22.7 Å². The van der Waals surface area contributed by atoms with Crippen LogP contribution in [0.5, 0.6) is 0 Å². The minimum absolute atomic E-state index is 0.174. The predicted molar refractivity (Wildman–Crippen MR) is 62.4 cm³/mol. The molecule has 1 aromatic rings. The summed E-state index contributed by atoms with van der Waals surface area (Å²) >= 11 is 1.49. The van der Waals surface area contributed by atoms with Gasteiger partial charge in [-0.2, -0.15) is 13.2 Å². The summed E-state index contributed by atoms with van der Waals surface area (Å²) in [5.41, 5.74) is 0. The first-order valence-electron chi connectivity index (χ1n) is 5.25. The van der Waals surface area contributed by atoms with Crippen LogP contribution in [0.1, 0.15) is 17.8 Å². The molecule has 102 valence electrons. The van der Waals surface area contributed by atoms with Gasteiger partial charge < -0.3 is 9.64 Å². The van der Waals surface area contributed by atoms with Crippen molar-refractivity contribution >= 4 is 17.2 Å². The summed E-state index contributed by atoms with van der Waals surface area (Å²) in [6.07, 6.45) is -4.40. The molecule has 1 heterocycles. The zero-order chi connectivity index (χ0) is 13.8. The van der Waals surface area contributed by atoms with E-state index in [-0.39, 0.29) is 6.04 Å². The van der Waals surface area contributed by atoms with Gasteiger partial charge in [-0.1, -0.05) is 6.07 Å². The summed E-state index contributed by atoms with van der Waals surface area (Å²) in [6.45, 7) is -0.154. The highest BCUT2D eigenvalue weighted by atomic mass is 32.1. The molecule has 0 N–H and O–H groups in total. The number of halogens is 3. The number of thiophene rings is 1. The Kier molecular flexibility index (Phi) is 5.15. The fraction of sp³-hybridized carbons (Fsp3) is 0.545. The minimum Gasteiger partial charge on any atom is -0.362 e. The molecule has 0 aliphatic rings. The molecule has 0 spiro atoms. The summed E-state index contributed by atoms with van der Waals surface area (Å²) in [5.74, 6) is -0.472. The van der Waals surface area contributed by atoms with Gasteiger partial charge in [-0.3, -0.25) is 4.79 Å². The third kappa shape index (κ3) is 4.66. The van der Waals surface area contributed by atoms with E-state index in [0.29, 0.717) is 0 Å². The van der Waals surface area contributed by atoms with Crippen LogP contribution in [0.25, 0.3) is 0 Å². The standard InChI is InChI=1S/C11H14F3NO2S/c1-8(9-4-3-5-18-9)15(2)10(16)6-17-7-11(12,13)14/h3-5,8H,6-7H2,1-2H3. The van der Waals surface area contributed by atoms with E-state index in [2.05, 4.69) is 4.74 Å². The van der Waals surface area contributed by atoms with E-state index in [4.69, 9.17) is 0 Å². The van der Waals surface area contributed by atoms with Gasteiger partial charge in [-0.25, -0.2) is 0 Å². The maximum atomic E-state index is 11.8. The van der Waals surface area contributed by atoms with Gasteiger partial charge in [0, 0.05) is 11.9 Å². The van der Waals surface area contributed by atoms with E-state index in [1.165, 1.54) is 16.2 Å². The summed E-state index contributed by atoms with van der Waals surface area (Å²) in [7, 11) is 1.55. The first-order valence-corrected chi connectivity index (χ1v) is 6.13. The molecule has 1 unspecified atom stereocenters. The van der Waals surface area contributed by atoms with Gasteiger partial charge in [0.25, 0.3) is 0 Å². The second-order valence-corrected chi connectivity index (χ2v) is 4.78. The van der Waals surface area contributed by atoms with Crippen molar-refractivity contribution in [2.45, 2.75) is 19.1 Å². The predicted octanol–water partition coefficient (Wildman–Crippen LogP) is 2.85. The lowest BCUT2D eigenvalue weighted by molar-refractivity contribution is -0.177. The number of nitrogens with zero attached hydrogens (tertiary/aromatic N) is 1. The molecule has 0 saturated carbocycles. The van der Waals surface area contributed by atoms with Crippen LogP contribution in [0.4, 0.5) is 13.2 Å². The van der Waals surface area contributed by atoms with Crippen LogP contribution in [-0.2, 0) is 9.53 Å². The minimum atomic E-state index is -4.40. The Balaban J connectivity index is 2.42. The Bertz CT molecular complexity index is 378. The Morgan fingerprint density at radius 2 is 2.22 bits per heavy atom. The lowest BCUT2D eigenvalue weighted by atomic mass is 10.2. The van der Waals surface area contributed by atoms with Crippen molar-refractivity contribution in [3.63, 3.8) is 0 Å². The Hall–Kier alpha value is -1.08. The molecule has 0 aliphatic carbocycles. The number of carbonyl (C=O) groups is 1. The molecule has 0 bridgehead atoms. The maximum absolute atomic E-state index is 11.8. The third-order valence-electron chi connectivity index (χ3n) is 2.42. The first kappa shape index (κ1) is 15.0. The molecule has 1 rings (SSSR count).